The third kappa shape index (κ3) is 4.82. The van der Waals surface area contributed by atoms with Crippen LogP contribution in [0.15, 0.2) is 35.6 Å². The number of fused-ring (bicyclic) bond motifs is 1. The third-order valence-corrected chi connectivity index (χ3v) is 6.18. The van der Waals surface area contributed by atoms with E-state index in [1.54, 1.807) is 6.08 Å². The molecule has 4 amide bonds. The second kappa shape index (κ2) is 10.7. The van der Waals surface area contributed by atoms with E-state index in [1.165, 1.54) is 9.80 Å². The molecule has 0 saturated carbocycles. The molecule has 7 heteroatoms. The van der Waals surface area contributed by atoms with Gasteiger partial charge in [0, 0.05) is 43.5 Å². The van der Waals surface area contributed by atoms with Gasteiger partial charge in [-0.15, -0.1) is 0 Å². The Kier molecular flexibility index (Phi) is 7.95. The van der Waals surface area contributed by atoms with Gasteiger partial charge < -0.3 is 9.64 Å². The molecule has 0 radical (unpaired) electrons. The number of unbranched alkanes of at least 4 members (excludes halogenated alkanes) is 2. The second-order valence-corrected chi connectivity index (χ2v) is 8.42. The Bertz CT molecular complexity index is 959. The van der Waals surface area contributed by atoms with Crippen LogP contribution in [0.4, 0.5) is 10.5 Å². The summed E-state index contributed by atoms with van der Waals surface area (Å²) >= 11 is 0. The maximum Gasteiger partial charge on any atom is 0.333 e. The normalized spacial score (nSPS) is 16.2. The summed E-state index contributed by atoms with van der Waals surface area (Å²) in [5, 5.41) is 0. The number of allylic oxidation sites excluding steroid dienone is 2. The molecule has 178 valence electrons. The molecule has 0 atom stereocenters. The van der Waals surface area contributed by atoms with Gasteiger partial charge in [-0.3, -0.25) is 19.4 Å². The molecule has 7 nitrogen and oxygen atoms in total. The molecular weight excluding hydrogens is 418 g/mol. The van der Waals surface area contributed by atoms with E-state index in [9.17, 15) is 14.4 Å². The van der Waals surface area contributed by atoms with Crippen LogP contribution in [-0.4, -0.2) is 53.8 Å². The molecule has 2 heterocycles. The number of carbonyl (C=O) groups is 3. The molecule has 1 fully saturated rings. The van der Waals surface area contributed by atoms with Gasteiger partial charge in [0.05, 0.1) is 0 Å². The largest absolute Gasteiger partial charge is 0.456 e. The van der Waals surface area contributed by atoms with Gasteiger partial charge in [0.15, 0.2) is 0 Å². The Balaban J connectivity index is 2.07. The van der Waals surface area contributed by atoms with Crippen molar-refractivity contribution in [1.29, 1.82) is 0 Å². The summed E-state index contributed by atoms with van der Waals surface area (Å²) in [7, 11) is 0. The Hall–Kier alpha value is -3.09. The van der Waals surface area contributed by atoms with Crippen LogP contribution in [0.3, 0.4) is 0 Å². The van der Waals surface area contributed by atoms with E-state index in [0.717, 1.165) is 42.8 Å². The first-order valence-electron chi connectivity index (χ1n) is 12.0. The lowest BCUT2D eigenvalue weighted by atomic mass is 9.99. The summed E-state index contributed by atoms with van der Waals surface area (Å²) < 4.78 is 6.17. The van der Waals surface area contributed by atoms with E-state index in [-0.39, 0.29) is 24.4 Å². The first-order chi connectivity index (χ1) is 15.9. The van der Waals surface area contributed by atoms with Gasteiger partial charge in [0.1, 0.15) is 17.1 Å². The minimum atomic E-state index is -0.575. The fourth-order valence-electron chi connectivity index (χ4n) is 4.17. The SMILES string of the molecule is CCCCN1C(=O)C(=C2C=C(C)c3ccc(N(CC)CC)cc3O2)C(=O)N(CCCC)C1=O. The zero-order valence-electron chi connectivity index (χ0n) is 20.4. The smallest absolute Gasteiger partial charge is 0.333 e. The van der Waals surface area contributed by atoms with E-state index in [4.69, 9.17) is 4.74 Å². The van der Waals surface area contributed by atoms with Crippen molar-refractivity contribution in [3.05, 3.63) is 41.2 Å². The van der Waals surface area contributed by atoms with E-state index >= 15 is 0 Å². The summed E-state index contributed by atoms with van der Waals surface area (Å²) in [4.78, 5) is 44.2. The Morgan fingerprint density at radius 1 is 0.879 bits per heavy atom. The van der Waals surface area contributed by atoms with Gasteiger partial charge in [-0.2, -0.15) is 0 Å². The Labute approximate surface area is 196 Å². The number of imide groups is 2. The summed E-state index contributed by atoms with van der Waals surface area (Å²) in [6.45, 7) is 12.4. The molecule has 1 aromatic rings. The predicted octanol–water partition coefficient (Wildman–Crippen LogP) is 4.97. The van der Waals surface area contributed by atoms with Gasteiger partial charge in [-0.05, 0) is 57.4 Å². The van der Waals surface area contributed by atoms with Crippen LogP contribution in [0.2, 0.25) is 0 Å². The average Bonchev–Trinajstić information content (AvgIpc) is 2.79. The van der Waals surface area contributed by atoms with Crippen molar-refractivity contribution in [1.82, 2.24) is 9.80 Å². The number of carbonyl (C=O) groups excluding carboxylic acids is 3. The van der Waals surface area contributed by atoms with Crippen LogP contribution >= 0.6 is 0 Å². The zero-order valence-corrected chi connectivity index (χ0v) is 20.4. The van der Waals surface area contributed by atoms with Gasteiger partial charge in [0.2, 0.25) is 0 Å². The maximum atomic E-state index is 13.3. The van der Waals surface area contributed by atoms with Gasteiger partial charge >= 0.3 is 6.03 Å². The summed E-state index contributed by atoms with van der Waals surface area (Å²) in [5.41, 5.74) is 2.78. The lowest BCUT2D eigenvalue weighted by molar-refractivity contribution is -0.136. The Morgan fingerprint density at radius 3 is 1.97 bits per heavy atom. The van der Waals surface area contributed by atoms with Crippen LogP contribution < -0.4 is 9.64 Å². The molecule has 0 aliphatic carbocycles. The van der Waals surface area contributed by atoms with Gasteiger partial charge in [-0.1, -0.05) is 26.7 Å². The van der Waals surface area contributed by atoms with E-state index in [2.05, 4.69) is 24.8 Å². The van der Waals surface area contributed by atoms with Crippen LogP contribution in [0.5, 0.6) is 5.75 Å². The molecule has 0 unspecified atom stereocenters. The molecular formula is C26H35N3O4. The number of hydrogen-bond donors (Lipinski definition) is 0. The van der Waals surface area contributed by atoms with Gasteiger partial charge in [-0.25, -0.2) is 4.79 Å². The minimum absolute atomic E-state index is 0.0694. The lowest BCUT2D eigenvalue weighted by Gasteiger charge is -2.35. The minimum Gasteiger partial charge on any atom is -0.456 e. The van der Waals surface area contributed by atoms with Crippen molar-refractivity contribution in [3.63, 3.8) is 0 Å². The number of benzene rings is 1. The van der Waals surface area contributed by atoms with Crippen LogP contribution in [0.25, 0.3) is 5.57 Å². The van der Waals surface area contributed by atoms with Crippen LogP contribution in [0, 0.1) is 0 Å². The molecule has 0 bridgehead atoms. The number of rotatable bonds is 9. The van der Waals surface area contributed by atoms with E-state index < -0.39 is 17.8 Å². The molecule has 0 aromatic heterocycles. The number of hydrogen-bond acceptors (Lipinski definition) is 5. The monoisotopic (exact) mass is 453 g/mol. The van der Waals surface area contributed by atoms with E-state index in [0.29, 0.717) is 18.6 Å². The number of amides is 4. The number of nitrogens with zero attached hydrogens (tertiary/aromatic N) is 3. The number of ether oxygens (including phenoxy) is 1. The number of anilines is 1. The quantitative estimate of drug-likeness (QED) is 0.390. The van der Waals surface area contributed by atoms with Crippen LogP contribution in [0.1, 0.15) is 65.9 Å². The molecule has 3 rings (SSSR count). The fourth-order valence-corrected chi connectivity index (χ4v) is 4.17. The molecule has 1 saturated heterocycles. The highest BCUT2D eigenvalue weighted by molar-refractivity contribution is 6.29. The summed E-state index contributed by atoms with van der Waals surface area (Å²) in [6, 6.07) is 5.48. The van der Waals surface area contributed by atoms with Crippen molar-refractivity contribution in [2.75, 3.05) is 31.1 Å². The highest BCUT2D eigenvalue weighted by Crippen LogP contribution is 2.38. The summed E-state index contributed by atoms with van der Waals surface area (Å²) in [5.74, 6) is -0.330. The number of urea groups is 1. The highest BCUT2D eigenvalue weighted by atomic mass is 16.5. The van der Waals surface area contributed by atoms with Crippen molar-refractivity contribution >= 4 is 29.1 Å². The molecule has 0 N–H and O–H groups in total. The molecule has 33 heavy (non-hydrogen) atoms. The topological polar surface area (TPSA) is 70.2 Å². The Morgan fingerprint density at radius 2 is 1.45 bits per heavy atom. The summed E-state index contributed by atoms with van der Waals surface area (Å²) in [6.07, 6.45) is 4.77. The van der Waals surface area contributed by atoms with Crippen LogP contribution in [-0.2, 0) is 9.59 Å². The van der Waals surface area contributed by atoms with E-state index in [1.807, 2.05) is 32.9 Å². The zero-order chi connectivity index (χ0) is 24.1. The first kappa shape index (κ1) is 24.6. The third-order valence-electron chi connectivity index (χ3n) is 6.18. The van der Waals surface area contributed by atoms with Crippen molar-refractivity contribution in [2.45, 2.75) is 60.3 Å². The molecule has 0 spiro atoms. The maximum absolute atomic E-state index is 13.3. The molecule has 2 aliphatic rings. The van der Waals surface area contributed by atoms with Crippen molar-refractivity contribution in [3.8, 4) is 5.75 Å². The molecule has 2 aliphatic heterocycles. The van der Waals surface area contributed by atoms with Crippen molar-refractivity contribution in [2.24, 2.45) is 0 Å². The standard InChI is InChI=1S/C26H35N3O4/c1-6-10-14-28-24(30)23(25(31)29(26(28)32)15-11-7-2)22-16-18(5)20-13-12-19(17-21(20)33-22)27(8-3)9-4/h12-13,16-17H,6-11,14-15H2,1-5H3. The predicted molar refractivity (Wildman–Crippen MR) is 130 cm³/mol. The lowest BCUT2D eigenvalue weighted by Crippen LogP contribution is -2.57. The second-order valence-electron chi connectivity index (χ2n) is 8.42. The molecule has 1 aromatic carbocycles. The fraction of sp³-hybridized carbons (Fsp3) is 0.500. The first-order valence-corrected chi connectivity index (χ1v) is 12.0. The highest BCUT2D eigenvalue weighted by Gasteiger charge is 2.44. The number of barbiturate groups is 1. The van der Waals surface area contributed by atoms with Gasteiger partial charge in [0.25, 0.3) is 11.8 Å². The average molecular weight is 454 g/mol. The van der Waals surface area contributed by atoms with Crippen molar-refractivity contribution < 1.29 is 19.1 Å².